The van der Waals surface area contributed by atoms with Gasteiger partial charge in [-0.2, -0.15) is 0 Å². The van der Waals surface area contributed by atoms with E-state index >= 15 is 0 Å². The van der Waals surface area contributed by atoms with Gasteiger partial charge in [-0.3, -0.25) is 0 Å². The van der Waals surface area contributed by atoms with Gasteiger partial charge in [-0.05, 0) is 54.0 Å². The van der Waals surface area contributed by atoms with Crippen LogP contribution in [0, 0.1) is 23.4 Å². The van der Waals surface area contributed by atoms with Gasteiger partial charge in [-0.25, -0.2) is 13.2 Å². The highest BCUT2D eigenvalue weighted by Crippen LogP contribution is 2.38. The van der Waals surface area contributed by atoms with Crippen molar-refractivity contribution >= 4 is 14.5 Å². The Balaban J connectivity index is 1.95. The van der Waals surface area contributed by atoms with E-state index in [-0.39, 0.29) is 17.0 Å². The van der Waals surface area contributed by atoms with Crippen molar-refractivity contribution in [2.75, 3.05) is 0 Å². The summed E-state index contributed by atoms with van der Waals surface area (Å²) < 4.78 is 42.7. The zero-order chi connectivity index (χ0) is 16.6. The number of hydrogen-bond donors (Lipinski definition) is 0. The molecular weight excluding hydrogens is 316 g/mol. The molecule has 0 nitrogen and oxygen atoms in total. The molecule has 1 aliphatic rings. The SMILES string of the molecule is CC1CCC(c2cc(F)c(-c3ccc(P)c(F)c3)c(F)c2)CC1. The lowest BCUT2D eigenvalue weighted by Gasteiger charge is -2.26. The van der Waals surface area contributed by atoms with E-state index in [1.807, 2.05) is 0 Å². The standard InChI is InChI=1S/C19H20F3P/c1-11-2-4-12(5-3-11)14-9-16(21)19(17(22)10-14)13-6-7-18(23)15(20)8-13/h6-12H,2-5,23H2,1H3. The minimum absolute atomic E-state index is 0.151. The van der Waals surface area contributed by atoms with Crippen LogP contribution in [0.25, 0.3) is 11.1 Å². The van der Waals surface area contributed by atoms with E-state index in [2.05, 4.69) is 16.2 Å². The second kappa shape index (κ2) is 6.65. The van der Waals surface area contributed by atoms with Crippen LogP contribution in [0.3, 0.4) is 0 Å². The van der Waals surface area contributed by atoms with E-state index in [0.717, 1.165) is 31.2 Å². The molecule has 3 rings (SSSR count). The van der Waals surface area contributed by atoms with Crippen molar-refractivity contribution in [1.82, 2.24) is 0 Å². The summed E-state index contributed by atoms with van der Waals surface area (Å²) in [6.45, 7) is 2.21. The summed E-state index contributed by atoms with van der Waals surface area (Å²) in [4.78, 5) is 0. The van der Waals surface area contributed by atoms with Crippen LogP contribution in [0.2, 0.25) is 0 Å². The van der Waals surface area contributed by atoms with Gasteiger partial charge >= 0.3 is 0 Å². The van der Waals surface area contributed by atoms with E-state index in [1.165, 1.54) is 30.3 Å². The molecule has 0 saturated heterocycles. The van der Waals surface area contributed by atoms with Crippen LogP contribution in [0.4, 0.5) is 13.2 Å². The van der Waals surface area contributed by atoms with Crippen LogP contribution in [0.1, 0.15) is 44.1 Å². The third-order valence-electron chi connectivity index (χ3n) is 4.84. The zero-order valence-electron chi connectivity index (χ0n) is 13.1. The Kier molecular flexibility index (Phi) is 4.77. The molecule has 4 heteroatoms. The summed E-state index contributed by atoms with van der Waals surface area (Å²) in [5.41, 5.74) is 0.799. The molecule has 0 heterocycles. The molecule has 0 aromatic heterocycles. The molecule has 0 amide bonds. The van der Waals surface area contributed by atoms with Gasteiger partial charge in [0.15, 0.2) is 0 Å². The Labute approximate surface area is 137 Å². The van der Waals surface area contributed by atoms with Gasteiger partial charge in [0.05, 0.1) is 5.56 Å². The lowest BCUT2D eigenvalue weighted by atomic mass is 9.79. The summed E-state index contributed by atoms with van der Waals surface area (Å²) in [5.74, 6) is -0.815. The normalized spacial score (nSPS) is 21.4. The molecule has 1 atom stereocenters. The average Bonchev–Trinajstić information content (AvgIpc) is 2.51. The first-order chi connectivity index (χ1) is 11.0. The van der Waals surface area contributed by atoms with Crippen LogP contribution in [-0.2, 0) is 0 Å². The Hall–Kier alpha value is -1.34. The molecule has 1 fully saturated rings. The fourth-order valence-electron chi connectivity index (χ4n) is 3.38. The number of halogens is 3. The van der Waals surface area contributed by atoms with Crippen molar-refractivity contribution in [3.05, 3.63) is 53.3 Å². The highest BCUT2D eigenvalue weighted by Gasteiger charge is 2.23. The number of rotatable bonds is 2. The summed E-state index contributed by atoms with van der Waals surface area (Å²) >= 11 is 0. The van der Waals surface area contributed by atoms with E-state index in [0.29, 0.717) is 11.2 Å². The highest BCUT2D eigenvalue weighted by molar-refractivity contribution is 7.27. The van der Waals surface area contributed by atoms with Gasteiger partial charge in [-0.1, -0.05) is 31.9 Å². The van der Waals surface area contributed by atoms with Gasteiger partial charge < -0.3 is 0 Å². The minimum Gasteiger partial charge on any atom is -0.206 e. The first kappa shape index (κ1) is 16.5. The third-order valence-corrected chi connectivity index (χ3v) is 5.31. The predicted molar refractivity (Wildman–Crippen MR) is 91.5 cm³/mol. The van der Waals surface area contributed by atoms with Gasteiger partial charge in [0.2, 0.25) is 0 Å². The molecule has 1 aliphatic carbocycles. The molecule has 23 heavy (non-hydrogen) atoms. The summed E-state index contributed by atoms with van der Waals surface area (Å²) in [5, 5.41) is 0.377. The molecule has 2 aromatic carbocycles. The fourth-order valence-corrected chi connectivity index (χ4v) is 3.56. The molecule has 0 spiro atoms. The fraction of sp³-hybridized carbons (Fsp3) is 0.368. The maximum absolute atomic E-state index is 14.5. The molecule has 1 saturated carbocycles. The predicted octanol–water partition coefficient (Wildman–Crippen LogP) is 5.57. The van der Waals surface area contributed by atoms with Gasteiger partial charge in [0.25, 0.3) is 0 Å². The van der Waals surface area contributed by atoms with Crippen molar-refractivity contribution < 1.29 is 13.2 Å². The largest absolute Gasteiger partial charge is 0.206 e. The van der Waals surface area contributed by atoms with Crippen molar-refractivity contribution in [1.29, 1.82) is 0 Å². The summed E-state index contributed by atoms with van der Waals surface area (Å²) in [7, 11) is 2.26. The molecule has 1 unspecified atom stereocenters. The van der Waals surface area contributed by atoms with Gasteiger partial charge in [0.1, 0.15) is 17.5 Å². The molecule has 0 aliphatic heterocycles. The van der Waals surface area contributed by atoms with Crippen molar-refractivity contribution in [3.8, 4) is 11.1 Å². The number of benzene rings is 2. The van der Waals surface area contributed by atoms with Crippen LogP contribution in [0.5, 0.6) is 0 Å². The zero-order valence-corrected chi connectivity index (χ0v) is 14.2. The Morgan fingerprint density at radius 1 is 0.870 bits per heavy atom. The first-order valence-corrected chi connectivity index (χ1v) is 8.57. The molecule has 122 valence electrons. The van der Waals surface area contributed by atoms with Crippen LogP contribution in [-0.4, -0.2) is 0 Å². The molecule has 0 bridgehead atoms. The second-order valence-corrected chi connectivity index (χ2v) is 7.17. The molecular formula is C19H20F3P. The van der Waals surface area contributed by atoms with Crippen LogP contribution < -0.4 is 5.30 Å². The van der Waals surface area contributed by atoms with Crippen molar-refractivity contribution in [2.45, 2.75) is 38.5 Å². The topological polar surface area (TPSA) is 0 Å². The summed E-state index contributed by atoms with van der Waals surface area (Å²) in [6.07, 6.45) is 4.12. The van der Waals surface area contributed by atoms with E-state index in [1.54, 1.807) is 0 Å². The monoisotopic (exact) mass is 336 g/mol. The van der Waals surface area contributed by atoms with E-state index < -0.39 is 17.5 Å². The second-order valence-electron chi connectivity index (χ2n) is 6.55. The Morgan fingerprint density at radius 3 is 2.04 bits per heavy atom. The first-order valence-electron chi connectivity index (χ1n) is 8.00. The maximum atomic E-state index is 14.5. The van der Waals surface area contributed by atoms with Crippen LogP contribution >= 0.6 is 9.24 Å². The van der Waals surface area contributed by atoms with Gasteiger partial charge in [0, 0.05) is 5.30 Å². The lowest BCUT2D eigenvalue weighted by molar-refractivity contribution is 0.346. The molecule has 0 N–H and O–H groups in total. The highest BCUT2D eigenvalue weighted by atomic mass is 31.0. The number of hydrogen-bond acceptors (Lipinski definition) is 0. The maximum Gasteiger partial charge on any atom is 0.134 e. The van der Waals surface area contributed by atoms with E-state index in [9.17, 15) is 13.2 Å². The minimum atomic E-state index is -0.616. The molecule has 2 aromatic rings. The van der Waals surface area contributed by atoms with Crippen molar-refractivity contribution in [3.63, 3.8) is 0 Å². The Bertz CT molecular complexity index is 696. The van der Waals surface area contributed by atoms with Gasteiger partial charge in [-0.15, -0.1) is 9.24 Å². The van der Waals surface area contributed by atoms with Crippen LogP contribution in [0.15, 0.2) is 30.3 Å². The lowest BCUT2D eigenvalue weighted by Crippen LogP contribution is -2.11. The Morgan fingerprint density at radius 2 is 1.48 bits per heavy atom. The summed E-state index contributed by atoms with van der Waals surface area (Å²) in [6, 6.07) is 7.06. The van der Waals surface area contributed by atoms with E-state index in [4.69, 9.17) is 0 Å². The smallest absolute Gasteiger partial charge is 0.134 e. The third kappa shape index (κ3) is 3.45. The molecule has 0 radical (unpaired) electrons. The quantitative estimate of drug-likeness (QED) is 0.629. The average molecular weight is 336 g/mol. The van der Waals surface area contributed by atoms with Crippen molar-refractivity contribution in [2.24, 2.45) is 5.92 Å².